The molecule has 0 bridgehead atoms. The highest BCUT2D eigenvalue weighted by Gasteiger charge is 2.35. The summed E-state index contributed by atoms with van der Waals surface area (Å²) in [6.45, 7) is 8.49. The predicted octanol–water partition coefficient (Wildman–Crippen LogP) is 3.71. The molecule has 2 nitrogen and oxygen atoms in total. The fourth-order valence-corrected chi connectivity index (χ4v) is 2.57. The normalized spacial score (nSPS) is 22.7. The molecule has 0 aromatic heterocycles. The van der Waals surface area contributed by atoms with Gasteiger partial charge < -0.3 is 9.84 Å². The highest BCUT2D eigenvalue weighted by Crippen LogP contribution is 2.44. The maximum Gasteiger partial charge on any atom is 0.129 e. The maximum atomic E-state index is 10.3. The summed E-state index contributed by atoms with van der Waals surface area (Å²) in [5, 5.41) is 10.3. The molecule has 2 atom stereocenters. The number of aliphatic hydroxyl groups is 1. The molecule has 0 saturated heterocycles. The zero-order chi connectivity index (χ0) is 12.6. The molecule has 0 aliphatic carbocycles. The van der Waals surface area contributed by atoms with Crippen molar-refractivity contribution in [2.75, 3.05) is 0 Å². The lowest BCUT2D eigenvalue weighted by atomic mass is 9.93. The largest absolute Gasteiger partial charge is 0.487 e. The molecule has 2 heteroatoms. The zero-order valence-corrected chi connectivity index (χ0v) is 11.2. The minimum absolute atomic E-state index is 0.0615. The van der Waals surface area contributed by atoms with Gasteiger partial charge in [-0.05, 0) is 30.4 Å². The van der Waals surface area contributed by atoms with Crippen LogP contribution in [0.3, 0.4) is 0 Å². The number of benzene rings is 1. The molecule has 1 heterocycles. The maximum absolute atomic E-state index is 10.3. The summed E-state index contributed by atoms with van der Waals surface area (Å²) in [4.78, 5) is 0. The molecule has 1 aliphatic heterocycles. The molecular weight excluding hydrogens is 212 g/mol. The van der Waals surface area contributed by atoms with E-state index >= 15 is 0 Å². The van der Waals surface area contributed by atoms with Crippen LogP contribution in [0.2, 0.25) is 0 Å². The molecule has 1 aliphatic rings. The molecule has 1 aromatic carbocycles. The van der Waals surface area contributed by atoms with Gasteiger partial charge in [0.1, 0.15) is 18.0 Å². The molecule has 2 unspecified atom stereocenters. The van der Waals surface area contributed by atoms with E-state index in [4.69, 9.17) is 4.74 Å². The van der Waals surface area contributed by atoms with Crippen molar-refractivity contribution < 1.29 is 9.84 Å². The van der Waals surface area contributed by atoms with E-state index in [9.17, 15) is 5.11 Å². The summed E-state index contributed by atoms with van der Waals surface area (Å²) in [6, 6.07) is 4.22. The topological polar surface area (TPSA) is 29.5 Å². The lowest BCUT2D eigenvalue weighted by molar-refractivity contribution is 0.0610. The summed E-state index contributed by atoms with van der Waals surface area (Å²) in [7, 11) is 0. The summed E-state index contributed by atoms with van der Waals surface area (Å²) < 4.78 is 5.98. The van der Waals surface area contributed by atoms with Gasteiger partial charge in [-0.25, -0.2) is 0 Å². The number of aliphatic hydroxyl groups excluding tert-OH is 1. The van der Waals surface area contributed by atoms with E-state index in [0.29, 0.717) is 5.92 Å². The Kier molecular flexibility index (Phi) is 3.43. The van der Waals surface area contributed by atoms with Crippen LogP contribution in [-0.4, -0.2) is 11.2 Å². The van der Waals surface area contributed by atoms with Crippen LogP contribution in [0.5, 0.6) is 5.75 Å². The second-order valence-electron chi connectivity index (χ2n) is 5.26. The second-order valence-corrected chi connectivity index (χ2v) is 5.26. The number of rotatable bonds is 3. The second kappa shape index (κ2) is 4.69. The highest BCUT2D eigenvalue weighted by atomic mass is 16.5. The van der Waals surface area contributed by atoms with Gasteiger partial charge >= 0.3 is 0 Å². The van der Waals surface area contributed by atoms with E-state index in [1.807, 2.05) is 6.92 Å². The first-order chi connectivity index (χ1) is 8.06. The fourth-order valence-electron chi connectivity index (χ4n) is 2.57. The molecule has 17 heavy (non-hydrogen) atoms. The first-order valence-electron chi connectivity index (χ1n) is 6.54. The molecule has 0 spiro atoms. The van der Waals surface area contributed by atoms with Crippen molar-refractivity contribution in [2.45, 2.75) is 58.7 Å². The summed E-state index contributed by atoms with van der Waals surface area (Å²) in [5.74, 6) is 1.36. The Morgan fingerprint density at radius 2 is 2.06 bits per heavy atom. The number of hydrogen-bond acceptors (Lipinski definition) is 2. The van der Waals surface area contributed by atoms with Gasteiger partial charge in [-0.1, -0.05) is 39.3 Å². The third-order valence-electron chi connectivity index (χ3n) is 3.56. The Hall–Kier alpha value is -1.02. The predicted molar refractivity (Wildman–Crippen MR) is 69.6 cm³/mol. The average molecular weight is 234 g/mol. The number of aryl methyl sites for hydroxylation is 1. The first-order valence-corrected chi connectivity index (χ1v) is 6.54. The summed E-state index contributed by atoms with van der Waals surface area (Å²) in [5.41, 5.74) is 3.36. The van der Waals surface area contributed by atoms with E-state index in [2.05, 4.69) is 32.9 Å². The highest BCUT2D eigenvalue weighted by molar-refractivity contribution is 5.51. The molecule has 0 radical (unpaired) electrons. The van der Waals surface area contributed by atoms with Crippen molar-refractivity contribution in [2.24, 2.45) is 0 Å². The average Bonchev–Trinajstić information content (AvgIpc) is 2.58. The van der Waals surface area contributed by atoms with Gasteiger partial charge in [-0.2, -0.15) is 0 Å². The first kappa shape index (κ1) is 12.4. The molecule has 1 aromatic rings. The van der Waals surface area contributed by atoms with Crippen LogP contribution in [0.1, 0.15) is 62.3 Å². The van der Waals surface area contributed by atoms with Crippen molar-refractivity contribution in [3.63, 3.8) is 0 Å². The molecule has 1 N–H and O–H groups in total. The quantitative estimate of drug-likeness (QED) is 0.863. The van der Waals surface area contributed by atoms with Crippen molar-refractivity contribution in [1.82, 2.24) is 0 Å². The van der Waals surface area contributed by atoms with Gasteiger partial charge in [0.15, 0.2) is 0 Å². The van der Waals surface area contributed by atoms with Gasteiger partial charge in [-0.3, -0.25) is 0 Å². The lowest BCUT2D eigenvalue weighted by Gasteiger charge is -2.14. The van der Waals surface area contributed by atoms with Crippen LogP contribution in [0.4, 0.5) is 0 Å². The van der Waals surface area contributed by atoms with Crippen LogP contribution < -0.4 is 4.74 Å². The van der Waals surface area contributed by atoms with E-state index in [1.165, 1.54) is 5.56 Å². The van der Waals surface area contributed by atoms with Crippen molar-refractivity contribution in [3.8, 4) is 5.75 Å². The molecule has 0 saturated carbocycles. The monoisotopic (exact) mass is 234 g/mol. The molecule has 2 rings (SSSR count). The molecule has 94 valence electrons. The smallest absolute Gasteiger partial charge is 0.129 e. The summed E-state index contributed by atoms with van der Waals surface area (Å²) >= 11 is 0. The number of hydrogen-bond donors (Lipinski definition) is 1. The third kappa shape index (κ3) is 2.06. The van der Waals surface area contributed by atoms with Crippen molar-refractivity contribution >= 4 is 0 Å². The summed E-state index contributed by atoms with van der Waals surface area (Å²) in [6.07, 6.45) is 1.43. The van der Waals surface area contributed by atoms with E-state index < -0.39 is 6.10 Å². The van der Waals surface area contributed by atoms with Crippen molar-refractivity contribution in [3.05, 3.63) is 28.8 Å². The number of ether oxygens (including phenoxy) is 1. The van der Waals surface area contributed by atoms with E-state index in [0.717, 1.165) is 29.7 Å². The van der Waals surface area contributed by atoms with E-state index in [-0.39, 0.29) is 6.10 Å². The van der Waals surface area contributed by atoms with Crippen molar-refractivity contribution in [1.29, 1.82) is 0 Å². The lowest BCUT2D eigenvalue weighted by Crippen LogP contribution is -2.18. The van der Waals surface area contributed by atoms with Crippen LogP contribution in [0.15, 0.2) is 12.1 Å². The molecular formula is C15H22O2. The van der Waals surface area contributed by atoms with Gasteiger partial charge in [-0.15, -0.1) is 0 Å². The van der Waals surface area contributed by atoms with Gasteiger partial charge in [0.2, 0.25) is 0 Å². The van der Waals surface area contributed by atoms with Gasteiger partial charge in [0.05, 0.1) is 0 Å². The number of fused-ring (bicyclic) bond motifs is 1. The Morgan fingerprint density at radius 1 is 1.35 bits per heavy atom. The Bertz CT molecular complexity index is 410. The Labute approximate surface area is 104 Å². The van der Waals surface area contributed by atoms with Crippen LogP contribution in [-0.2, 0) is 0 Å². The van der Waals surface area contributed by atoms with Crippen LogP contribution in [0, 0.1) is 6.92 Å². The van der Waals surface area contributed by atoms with Gasteiger partial charge in [0, 0.05) is 5.56 Å². The minimum atomic E-state index is -0.455. The SMILES string of the molecule is CCCC1Oc2c(C(C)C)ccc(C)c2C1O. The Morgan fingerprint density at radius 3 is 2.65 bits per heavy atom. The molecule has 0 fully saturated rings. The van der Waals surface area contributed by atoms with E-state index in [1.54, 1.807) is 0 Å². The zero-order valence-electron chi connectivity index (χ0n) is 11.2. The molecule has 0 amide bonds. The Balaban J connectivity index is 2.44. The minimum Gasteiger partial charge on any atom is -0.487 e. The third-order valence-corrected chi connectivity index (χ3v) is 3.56. The van der Waals surface area contributed by atoms with Gasteiger partial charge in [0.25, 0.3) is 0 Å². The van der Waals surface area contributed by atoms with Crippen LogP contribution >= 0.6 is 0 Å². The van der Waals surface area contributed by atoms with Crippen LogP contribution in [0.25, 0.3) is 0 Å². The fraction of sp³-hybridized carbons (Fsp3) is 0.600. The standard InChI is InChI=1S/C15H22O2/c1-5-6-12-14(16)13-10(4)7-8-11(9(2)3)15(13)17-12/h7-9,12,14,16H,5-6H2,1-4H3.